The van der Waals surface area contributed by atoms with Crippen LogP contribution < -0.4 is 5.32 Å². The summed E-state index contributed by atoms with van der Waals surface area (Å²) in [5.74, 6) is -0.0439. The lowest BCUT2D eigenvalue weighted by atomic mass is 10.1. The largest absolute Gasteiger partial charge is 0.396 e. The van der Waals surface area contributed by atoms with Crippen LogP contribution in [-0.2, 0) is 4.79 Å². The van der Waals surface area contributed by atoms with Gasteiger partial charge in [-0.25, -0.2) is 0 Å². The Morgan fingerprint density at radius 3 is 2.65 bits per heavy atom. The van der Waals surface area contributed by atoms with E-state index < -0.39 is 0 Å². The van der Waals surface area contributed by atoms with Crippen molar-refractivity contribution in [1.29, 1.82) is 0 Å². The van der Waals surface area contributed by atoms with Crippen LogP contribution in [-0.4, -0.2) is 24.2 Å². The number of amides is 1. The average Bonchev–Trinajstić information content (AvgIpc) is 2.35. The Bertz CT molecular complexity index is 382. The average molecular weight is 233 g/mol. The molecule has 1 aromatic carbocycles. The van der Waals surface area contributed by atoms with Gasteiger partial charge in [0.1, 0.15) is 0 Å². The van der Waals surface area contributed by atoms with Crippen LogP contribution >= 0.6 is 0 Å². The van der Waals surface area contributed by atoms with Crippen LogP contribution in [0.15, 0.2) is 30.3 Å². The number of hydrogen-bond donors (Lipinski definition) is 2. The van der Waals surface area contributed by atoms with Crippen molar-refractivity contribution in [2.24, 2.45) is 5.92 Å². The quantitative estimate of drug-likeness (QED) is 0.761. The molecule has 92 valence electrons. The Hall–Kier alpha value is -1.61. The Labute approximate surface area is 102 Å². The van der Waals surface area contributed by atoms with E-state index in [1.807, 2.05) is 38.1 Å². The molecule has 1 unspecified atom stereocenters. The highest BCUT2D eigenvalue weighted by Gasteiger charge is 2.01. The summed E-state index contributed by atoms with van der Waals surface area (Å²) in [5, 5.41) is 11.5. The minimum absolute atomic E-state index is 0.0853. The van der Waals surface area contributed by atoms with Crippen molar-refractivity contribution < 1.29 is 9.90 Å². The number of carbonyl (C=O) groups excluding carboxylic acids is 1. The van der Waals surface area contributed by atoms with Gasteiger partial charge in [0.15, 0.2) is 0 Å². The summed E-state index contributed by atoms with van der Waals surface area (Å²) >= 11 is 0. The van der Waals surface area contributed by atoms with E-state index in [0.29, 0.717) is 6.54 Å². The first-order valence-electron chi connectivity index (χ1n) is 5.75. The van der Waals surface area contributed by atoms with Crippen LogP contribution in [0.25, 0.3) is 6.08 Å². The molecular formula is C14H19NO2. The summed E-state index contributed by atoms with van der Waals surface area (Å²) in [6.07, 6.45) is 3.28. The molecule has 0 aliphatic rings. The molecule has 1 rings (SSSR count). The zero-order chi connectivity index (χ0) is 12.7. The van der Waals surface area contributed by atoms with Crippen molar-refractivity contribution in [3.63, 3.8) is 0 Å². The Morgan fingerprint density at radius 2 is 2.06 bits per heavy atom. The zero-order valence-corrected chi connectivity index (χ0v) is 10.3. The van der Waals surface area contributed by atoms with Crippen LogP contribution in [0.5, 0.6) is 0 Å². The molecule has 3 heteroatoms. The van der Waals surface area contributed by atoms with Crippen molar-refractivity contribution >= 4 is 12.0 Å². The first-order valence-corrected chi connectivity index (χ1v) is 5.75. The number of carbonyl (C=O) groups is 1. The standard InChI is InChI=1S/C14H19NO2/c1-11-3-5-13(6-4-11)7-8-14(17)15-9-12(2)10-16/h3-8,12,16H,9-10H2,1-2H3,(H,15,17)/b8-7+. The van der Waals surface area contributed by atoms with E-state index in [1.54, 1.807) is 6.08 Å². The maximum atomic E-state index is 11.4. The highest BCUT2D eigenvalue weighted by Crippen LogP contribution is 2.04. The first kappa shape index (κ1) is 13.5. The number of rotatable bonds is 5. The molecule has 0 spiro atoms. The minimum atomic E-state index is -0.133. The lowest BCUT2D eigenvalue weighted by molar-refractivity contribution is -0.116. The normalized spacial score (nSPS) is 12.6. The van der Waals surface area contributed by atoms with E-state index in [2.05, 4.69) is 5.32 Å². The Kier molecular flexibility index (Phi) is 5.43. The van der Waals surface area contributed by atoms with Gasteiger partial charge in [-0.05, 0) is 24.5 Å². The molecule has 0 aromatic heterocycles. The molecule has 1 amide bonds. The second kappa shape index (κ2) is 6.86. The number of benzene rings is 1. The Morgan fingerprint density at radius 1 is 1.41 bits per heavy atom. The second-order valence-electron chi connectivity index (χ2n) is 4.28. The lowest BCUT2D eigenvalue weighted by Crippen LogP contribution is -2.27. The fraction of sp³-hybridized carbons (Fsp3) is 0.357. The molecule has 0 aliphatic heterocycles. The number of aryl methyl sites for hydroxylation is 1. The summed E-state index contributed by atoms with van der Waals surface area (Å²) < 4.78 is 0. The van der Waals surface area contributed by atoms with Crippen LogP contribution in [0.4, 0.5) is 0 Å². The third kappa shape index (κ3) is 5.31. The third-order valence-electron chi connectivity index (χ3n) is 2.44. The van der Waals surface area contributed by atoms with Crippen molar-refractivity contribution in [2.45, 2.75) is 13.8 Å². The SMILES string of the molecule is Cc1ccc(/C=C/C(=O)NCC(C)CO)cc1. The second-order valence-corrected chi connectivity index (χ2v) is 4.28. The van der Waals surface area contributed by atoms with E-state index in [-0.39, 0.29) is 18.4 Å². The fourth-order valence-electron chi connectivity index (χ4n) is 1.25. The molecule has 0 radical (unpaired) electrons. The summed E-state index contributed by atoms with van der Waals surface area (Å²) in [7, 11) is 0. The van der Waals surface area contributed by atoms with Gasteiger partial charge in [-0.2, -0.15) is 0 Å². The van der Waals surface area contributed by atoms with Gasteiger partial charge in [0.25, 0.3) is 0 Å². The monoisotopic (exact) mass is 233 g/mol. The Balaban J connectivity index is 2.42. The van der Waals surface area contributed by atoms with Gasteiger partial charge < -0.3 is 10.4 Å². The number of aliphatic hydroxyl groups excluding tert-OH is 1. The molecule has 17 heavy (non-hydrogen) atoms. The number of aliphatic hydroxyl groups is 1. The summed E-state index contributed by atoms with van der Waals surface area (Å²) in [6.45, 7) is 4.48. The van der Waals surface area contributed by atoms with Gasteiger partial charge in [-0.3, -0.25) is 4.79 Å². The molecule has 0 heterocycles. The third-order valence-corrected chi connectivity index (χ3v) is 2.44. The summed E-state index contributed by atoms with van der Waals surface area (Å²) in [4.78, 5) is 11.4. The van der Waals surface area contributed by atoms with Crippen molar-refractivity contribution in [2.75, 3.05) is 13.2 Å². The highest BCUT2D eigenvalue weighted by molar-refractivity contribution is 5.91. The van der Waals surface area contributed by atoms with Gasteiger partial charge in [-0.1, -0.05) is 36.8 Å². The van der Waals surface area contributed by atoms with Gasteiger partial charge >= 0.3 is 0 Å². The molecule has 3 nitrogen and oxygen atoms in total. The van der Waals surface area contributed by atoms with Crippen molar-refractivity contribution in [1.82, 2.24) is 5.32 Å². The van der Waals surface area contributed by atoms with E-state index >= 15 is 0 Å². The smallest absolute Gasteiger partial charge is 0.244 e. The highest BCUT2D eigenvalue weighted by atomic mass is 16.3. The van der Waals surface area contributed by atoms with E-state index in [4.69, 9.17) is 5.11 Å². The molecule has 0 saturated carbocycles. The topological polar surface area (TPSA) is 49.3 Å². The summed E-state index contributed by atoms with van der Waals surface area (Å²) in [6, 6.07) is 7.95. The maximum Gasteiger partial charge on any atom is 0.244 e. The van der Waals surface area contributed by atoms with Gasteiger partial charge in [0, 0.05) is 19.2 Å². The lowest BCUT2D eigenvalue weighted by Gasteiger charge is -2.07. The molecule has 0 bridgehead atoms. The molecule has 0 fully saturated rings. The minimum Gasteiger partial charge on any atom is -0.396 e. The molecule has 0 aliphatic carbocycles. The number of hydrogen-bond acceptors (Lipinski definition) is 2. The predicted molar refractivity (Wildman–Crippen MR) is 69.5 cm³/mol. The van der Waals surface area contributed by atoms with Crippen LogP contribution in [0, 0.1) is 12.8 Å². The first-order chi connectivity index (χ1) is 8.11. The van der Waals surface area contributed by atoms with Crippen molar-refractivity contribution in [3.05, 3.63) is 41.5 Å². The van der Waals surface area contributed by atoms with Crippen LogP contribution in [0.2, 0.25) is 0 Å². The molecule has 1 atom stereocenters. The predicted octanol–water partition coefficient (Wildman–Crippen LogP) is 1.75. The van der Waals surface area contributed by atoms with Crippen molar-refractivity contribution in [3.8, 4) is 0 Å². The molecule has 0 saturated heterocycles. The molecule has 1 aromatic rings. The zero-order valence-electron chi connectivity index (χ0n) is 10.3. The van der Waals surface area contributed by atoms with E-state index in [1.165, 1.54) is 11.6 Å². The molecule has 2 N–H and O–H groups in total. The summed E-state index contributed by atoms with van der Waals surface area (Å²) in [5.41, 5.74) is 2.20. The van der Waals surface area contributed by atoms with E-state index in [9.17, 15) is 4.79 Å². The molecular weight excluding hydrogens is 214 g/mol. The van der Waals surface area contributed by atoms with Crippen LogP contribution in [0.3, 0.4) is 0 Å². The van der Waals surface area contributed by atoms with E-state index in [0.717, 1.165) is 5.56 Å². The fourth-order valence-corrected chi connectivity index (χ4v) is 1.25. The van der Waals surface area contributed by atoms with Gasteiger partial charge in [0.05, 0.1) is 0 Å². The van der Waals surface area contributed by atoms with Crippen LogP contribution in [0.1, 0.15) is 18.1 Å². The number of nitrogens with one attached hydrogen (secondary N) is 1. The van der Waals surface area contributed by atoms with Gasteiger partial charge in [-0.15, -0.1) is 0 Å². The van der Waals surface area contributed by atoms with Gasteiger partial charge in [0.2, 0.25) is 5.91 Å². The maximum absolute atomic E-state index is 11.4.